The third-order valence-corrected chi connectivity index (χ3v) is 2.24. The summed E-state index contributed by atoms with van der Waals surface area (Å²) in [7, 11) is 0. The van der Waals surface area contributed by atoms with Gasteiger partial charge in [-0.25, -0.2) is 8.78 Å². The maximum atomic E-state index is 12.6. The zero-order valence-corrected chi connectivity index (χ0v) is 6.45. The van der Waals surface area contributed by atoms with E-state index in [9.17, 15) is 8.78 Å². The maximum absolute atomic E-state index is 12.6. The van der Waals surface area contributed by atoms with E-state index < -0.39 is 5.92 Å². The van der Waals surface area contributed by atoms with Gasteiger partial charge in [0.05, 0.1) is 0 Å². The molecule has 0 aliphatic heterocycles. The highest BCUT2D eigenvalue weighted by Gasteiger charge is 2.35. The van der Waals surface area contributed by atoms with Crippen molar-refractivity contribution >= 4 is 0 Å². The van der Waals surface area contributed by atoms with Gasteiger partial charge in [-0.1, -0.05) is 6.58 Å². The maximum Gasteiger partial charge on any atom is 0.248 e. The number of allylic oxidation sites excluding steroid dienone is 1. The molecule has 1 fully saturated rings. The zero-order chi connectivity index (χ0) is 8.48. The molecule has 2 N–H and O–H groups in total. The summed E-state index contributed by atoms with van der Waals surface area (Å²) in [6.07, 6.45) is 0.909. The van der Waals surface area contributed by atoms with Gasteiger partial charge in [0.1, 0.15) is 0 Å². The monoisotopic (exact) mass is 161 g/mol. The molecule has 0 aromatic carbocycles. The van der Waals surface area contributed by atoms with Crippen molar-refractivity contribution < 1.29 is 8.78 Å². The summed E-state index contributed by atoms with van der Waals surface area (Å²) in [4.78, 5) is 0. The molecule has 11 heavy (non-hydrogen) atoms. The lowest BCUT2D eigenvalue weighted by atomic mass is 9.85. The molecule has 3 heteroatoms. The van der Waals surface area contributed by atoms with Crippen LogP contribution in [0.15, 0.2) is 12.3 Å². The lowest BCUT2D eigenvalue weighted by Gasteiger charge is -2.27. The summed E-state index contributed by atoms with van der Waals surface area (Å²) in [6, 6.07) is 0. The number of rotatable bonds is 1. The van der Waals surface area contributed by atoms with Gasteiger partial charge in [0.25, 0.3) is 0 Å². The standard InChI is InChI=1S/C8H13F2N/c1-6(11)7-2-4-8(9,10)5-3-7/h7H,1-5,11H2. The fourth-order valence-electron chi connectivity index (χ4n) is 1.41. The second-order valence-electron chi connectivity index (χ2n) is 3.21. The molecule has 1 rings (SSSR count). The van der Waals surface area contributed by atoms with Gasteiger partial charge in [-0.2, -0.15) is 0 Å². The Balaban J connectivity index is 2.42. The van der Waals surface area contributed by atoms with Crippen LogP contribution in [0.25, 0.3) is 0 Å². The Kier molecular flexibility index (Phi) is 2.16. The van der Waals surface area contributed by atoms with Crippen molar-refractivity contribution in [1.82, 2.24) is 0 Å². The Bertz CT molecular complexity index is 155. The number of hydrogen-bond acceptors (Lipinski definition) is 1. The lowest BCUT2D eigenvalue weighted by molar-refractivity contribution is -0.0421. The third-order valence-electron chi connectivity index (χ3n) is 2.24. The van der Waals surface area contributed by atoms with Crippen LogP contribution in [0, 0.1) is 5.92 Å². The van der Waals surface area contributed by atoms with Gasteiger partial charge in [0.15, 0.2) is 0 Å². The second-order valence-corrected chi connectivity index (χ2v) is 3.21. The van der Waals surface area contributed by atoms with Crippen LogP contribution in [0.2, 0.25) is 0 Å². The highest BCUT2D eigenvalue weighted by molar-refractivity contribution is 4.97. The van der Waals surface area contributed by atoms with E-state index in [1.165, 1.54) is 0 Å². The fraction of sp³-hybridized carbons (Fsp3) is 0.750. The molecule has 0 heterocycles. The molecule has 0 aromatic heterocycles. The van der Waals surface area contributed by atoms with Crippen molar-refractivity contribution in [2.24, 2.45) is 11.7 Å². The molecule has 0 atom stereocenters. The Morgan fingerprint density at radius 3 is 2.18 bits per heavy atom. The minimum absolute atomic E-state index is 0.0338. The largest absolute Gasteiger partial charge is 0.402 e. The highest BCUT2D eigenvalue weighted by atomic mass is 19.3. The minimum Gasteiger partial charge on any atom is -0.402 e. The molecular formula is C8H13F2N. The predicted octanol–water partition coefficient (Wildman–Crippen LogP) is 2.28. The summed E-state index contributed by atoms with van der Waals surface area (Å²) in [6.45, 7) is 3.56. The van der Waals surface area contributed by atoms with Gasteiger partial charge in [-0.15, -0.1) is 0 Å². The Labute approximate surface area is 65.3 Å². The average Bonchev–Trinajstić information content (AvgIpc) is 1.86. The minimum atomic E-state index is -2.45. The second kappa shape index (κ2) is 2.80. The van der Waals surface area contributed by atoms with Crippen molar-refractivity contribution in [3.8, 4) is 0 Å². The van der Waals surface area contributed by atoms with E-state index in [-0.39, 0.29) is 18.8 Å². The van der Waals surface area contributed by atoms with Crippen LogP contribution in [-0.4, -0.2) is 5.92 Å². The zero-order valence-electron chi connectivity index (χ0n) is 6.45. The topological polar surface area (TPSA) is 26.0 Å². The molecule has 64 valence electrons. The fourth-order valence-corrected chi connectivity index (χ4v) is 1.41. The van der Waals surface area contributed by atoms with E-state index in [0.29, 0.717) is 18.5 Å². The van der Waals surface area contributed by atoms with Gasteiger partial charge in [0.2, 0.25) is 5.92 Å². The predicted molar refractivity (Wildman–Crippen MR) is 40.2 cm³/mol. The van der Waals surface area contributed by atoms with Gasteiger partial charge in [-0.3, -0.25) is 0 Å². The van der Waals surface area contributed by atoms with Crippen molar-refractivity contribution in [1.29, 1.82) is 0 Å². The normalized spacial score (nSPS) is 24.9. The molecule has 0 bridgehead atoms. The van der Waals surface area contributed by atoms with Gasteiger partial charge >= 0.3 is 0 Å². The SMILES string of the molecule is C=C(N)C1CCC(F)(F)CC1. The Morgan fingerprint density at radius 1 is 1.36 bits per heavy atom. The van der Waals surface area contributed by atoms with Gasteiger partial charge < -0.3 is 5.73 Å². The first kappa shape index (κ1) is 8.50. The summed E-state index contributed by atoms with van der Waals surface area (Å²) >= 11 is 0. The van der Waals surface area contributed by atoms with E-state index in [0.717, 1.165) is 0 Å². The van der Waals surface area contributed by atoms with Crippen molar-refractivity contribution in [3.05, 3.63) is 12.3 Å². The van der Waals surface area contributed by atoms with Crippen LogP contribution in [-0.2, 0) is 0 Å². The molecule has 1 aliphatic rings. The van der Waals surface area contributed by atoms with E-state index in [1.807, 2.05) is 0 Å². The molecule has 1 saturated carbocycles. The molecule has 0 aromatic rings. The summed E-state index contributed by atoms with van der Waals surface area (Å²) in [5.41, 5.74) is 5.97. The Morgan fingerprint density at radius 2 is 1.82 bits per heavy atom. The summed E-state index contributed by atoms with van der Waals surface area (Å²) < 4.78 is 25.1. The van der Waals surface area contributed by atoms with Crippen LogP contribution in [0.4, 0.5) is 8.78 Å². The van der Waals surface area contributed by atoms with Gasteiger partial charge in [0, 0.05) is 18.5 Å². The van der Waals surface area contributed by atoms with Crippen LogP contribution in [0.5, 0.6) is 0 Å². The van der Waals surface area contributed by atoms with Crippen LogP contribution < -0.4 is 5.73 Å². The van der Waals surface area contributed by atoms with E-state index >= 15 is 0 Å². The molecule has 0 radical (unpaired) electrons. The highest BCUT2D eigenvalue weighted by Crippen LogP contribution is 2.37. The quantitative estimate of drug-likeness (QED) is 0.627. The molecular weight excluding hydrogens is 148 g/mol. The van der Waals surface area contributed by atoms with Crippen molar-refractivity contribution in [2.45, 2.75) is 31.6 Å². The molecule has 1 aliphatic carbocycles. The molecule has 0 spiro atoms. The number of hydrogen-bond donors (Lipinski definition) is 1. The van der Waals surface area contributed by atoms with Gasteiger partial charge in [-0.05, 0) is 18.8 Å². The number of nitrogens with two attached hydrogens (primary N) is 1. The van der Waals surface area contributed by atoms with Crippen molar-refractivity contribution in [3.63, 3.8) is 0 Å². The molecule has 0 amide bonds. The Hall–Kier alpha value is -0.600. The smallest absolute Gasteiger partial charge is 0.248 e. The molecule has 0 saturated heterocycles. The summed E-state index contributed by atoms with van der Waals surface area (Å²) in [5, 5.41) is 0. The van der Waals surface area contributed by atoms with Crippen LogP contribution in [0.1, 0.15) is 25.7 Å². The molecule has 1 nitrogen and oxygen atoms in total. The van der Waals surface area contributed by atoms with E-state index in [4.69, 9.17) is 5.73 Å². The lowest BCUT2D eigenvalue weighted by Crippen LogP contribution is -2.26. The van der Waals surface area contributed by atoms with Crippen LogP contribution in [0.3, 0.4) is 0 Å². The first-order valence-electron chi connectivity index (χ1n) is 3.83. The number of halogens is 2. The van der Waals surface area contributed by atoms with E-state index in [1.54, 1.807) is 0 Å². The van der Waals surface area contributed by atoms with E-state index in [2.05, 4.69) is 6.58 Å². The number of alkyl halides is 2. The molecule has 0 unspecified atom stereocenters. The first-order chi connectivity index (χ1) is 5.01. The third kappa shape index (κ3) is 2.17. The summed E-state index contributed by atoms with van der Waals surface area (Å²) in [5.74, 6) is -2.33. The van der Waals surface area contributed by atoms with Crippen LogP contribution >= 0.6 is 0 Å². The van der Waals surface area contributed by atoms with Crippen molar-refractivity contribution in [2.75, 3.05) is 0 Å². The first-order valence-corrected chi connectivity index (χ1v) is 3.83. The average molecular weight is 161 g/mol.